The molecule has 0 atom stereocenters. The Bertz CT molecular complexity index is 959. The average molecular weight is 383 g/mol. The zero-order chi connectivity index (χ0) is 18.6. The molecular formula is C19H17N3O4S. The number of nitrogens with one attached hydrogen (secondary N) is 1. The highest BCUT2D eigenvalue weighted by atomic mass is 32.1. The first-order chi connectivity index (χ1) is 13.2. The third kappa shape index (κ3) is 4.01. The van der Waals surface area contributed by atoms with Crippen molar-refractivity contribution in [2.45, 2.75) is 13.5 Å². The fourth-order valence-electron chi connectivity index (χ4n) is 2.55. The van der Waals surface area contributed by atoms with Crippen LogP contribution in [0.25, 0.3) is 10.6 Å². The highest BCUT2D eigenvalue weighted by Crippen LogP contribution is 2.35. The van der Waals surface area contributed by atoms with E-state index < -0.39 is 0 Å². The van der Waals surface area contributed by atoms with Gasteiger partial charge in [0, 0.05) is 28.9 Å². The quantitative estimate of drug-likeness (QED) is 0.705. The number of ether oxygens (including phenoxy) is 3. The van der Waals surface area contributed by atoms with Gasteiger partial charge in [-0.3, -0.25) is 9.78 Å². The van der Waals surface area contributed by atoms with Crippen molar-refractivity contribution < 1.29 is 19.0 Å². The van der Waals surface area contributed by atoms with Crippen molar-refractivity contribution in [1.29, 1.82) is 0 Å². The van der Waals surface area contributed by atoms with Crippen molar-refractivity contribution in [3.8, 4) is 27.8 Å². The molecule has 0 fully saturated rings. The van der Waals surface area contributed by atoms with Crippen LogP contribution in [-0.4, -0.2) is 29.3 Å². The Labute approximate surface area is 159 Å². The van der Waals surface area contributed by atoms with E-state index >= 15 is 0 Å². The molecule has 1 aliphatic heterocycles. The van der Waals surface area contributed by atoms with Gasteiger partial charge in [-0.2, -0.15) is 0 Å². The number of aromatic nitrogens is 2. The molecule has 1 amide bonds. The molecule has 3 heterocycles. The van der Waals surface area contributed by atoms with Gasteiger partial charge < -0.3 is 19.5 Å². The summed E-state index contributed by atoms with van der Waals surface area (Å²) < 4.78 is 16.1. The Hall–Kier alpha value is -3.13. The van der Waals surface area contributed by atoms with E-state index in [1.54, 1.807) is 41.9 Å². The lowest BCUT2D eigenvalue weighted by atomic mass is 10.3. The molecule has 0 saturated heterocycles. The summed E-state index contributed by atoms with van der Waals surface area (Å²) in [5.74, 6) is 1.65. The van der Waals surface area contributed by atoms with Crippen LogP contribution in [0.15, 0.2) is 42.7 Å². The minimum absolute atomic E-state index is 0.0764. The van der Waals surface area contributed by atoms with E-state index in [0.717, 1.165) is 21.1 Å². The predicted octanol–water partition coefficient (Wildman–Crippen LogP) is 2.94. The minimum atomic E-state index is -0.205. The van der Waals surface area contributed by atoms with Crippen molar-refractivity contribution in [3.05, 3.63) is 53.3 Å². The number of aryl methyl sites for hydroxylation is 1. The van der Waals surface area contributed by atoms with Gasteiger partial charge in [0.25, 0.3) is 5.91 Å². The predicted molar refractivity (Wildman–Crippen MR) is 100.0 cm³/mol. The molecule has 7 nitrogen and oxygen atoms in total. The number of carbonyl (C=O) groups is 1. The molecule has 1 N–H and O–H groups in total. The van der Waals surface area contributed by atoms with E-state index in [0.29, 0.717) is 23.8 Å². The number of benzene rings is 1. The first kappa shape index (κ1) is 17.3. The standard InChI is InChI=1S/C19H17N3O4S/c1-12-17(27-19(22-12)13-3-2-6-20-8-13)9-21-18(23)10-24-14-4-5-15-16(7-14)26-11-25-15/h2-8H,9-11H2,1H3,(H,21,23). The van der Waals surface area contributed by atoms with Gasteiger partial charge in [-0.15, -0.1) is 11.3 Å². The smallest absolute Gasteiger partial charge is 0.258 e. The third-order valence-corrected chi connectivity index (χ3v) is 5.17. The molecule has 1 aliphatic rings. The summed E-state index contributed by atoms with van der Waals surface area (Å²) in [5.41, 5.74) is 1.87. The Morgan fingerprint density at radius 2 is 2.19 bits per heavy atom. The van der Waals surface area contributed by atoms with Crippen LogP contribution in [0.3, 0.4) is 0 Å². The topological polar surface area (TPSA) is 82.6 Å². The Balaban J connectivity index is 1.31. The van der Waals surface area contributed by atoms with Crippen LogP contribution in [0.4, 0.5) is 0 Å². The van der Waals surface area contributed by atoms with Crippen molar-refractivity contribution in [2.24, 2.45) is 0 Å². The number of nitrogens with zero attached hydrogens (tertiary/aromatic N) is 2. The Morgan fingerprint density at radius 1 is 1.30 bits per heavy atom. The molecule has 138 valence electrons. The maximum Gasteiger partial charge on any atom is 0.258 e. The molecule has 4 rings (SSSR count). The Morgan fingerprint density at radius 3 is 3.04 bits per heavy atom. The minimum Gasteiger partial charge on any atom is -0.484 e. The van der Waals surface area contributed by atoms with Crippen LogP contribution in [0.5, 0.6) is 17.2 Å². The summed E-state index contributed by atoms with van der Waals surface area (Å²) in [4.78, 5) is 21.8. The molecule has 3 aromatic rings. The lowest BCUT2D eigenvalue weighted by molar-refractivity contribution is -0.123. The van der Waals surface area contributed by atoms with E-state index in [9.17, 15) is 4.79 Å². The lowest BCUT2D eigenvalue weighted by Gasteiger charge is -2.07. The normalized spacial score (nSPS) is 12.0. The summed E-state index contributed by atoms with van der Waals surface area (Å²) in [6, 6.07) is 9.06. The lowest BCUT2D eigenvalue weighted by Crippen LogP contribution is -2.28. The second-order valence-electron chi connectivity index (χ2n) is 5.85. The van der Waals surface area contributed by atoms with Gasteiger partial charge in [0.1, 0.15) is 10.8 Å². The third-order valence-electron chi connectivity index (χ3n) is 3.96. The molecule has 8 heteroatoms. The molecular weight excluding hydrogens is 366 g/mol. The van der Waals surface area contributed by atoms with Crippen LogP contribution >= 0.6 is 11.3 Å². The zero-order valence-corrected chi connectivity index (χ0v) is 15.4. The first-order valence-electron chi connectivity index (χ1n) is 8.35. The van der Waals surface area contributed by atoms with Gasteiger partial charge in [-0.25, -0.2) is 4.98 Å². The number of hydrogen-bond donors (Lipinski definition) is 1. The van der Waals surface area contributed by atoms with Crippen LogP contribution in [0, 0.1) is 6.92 Å². The summed E-state index contributed by atoms with van der Waals surface area (Å²) in [6.45, 7) is 2.47. The maximum absolute atomic E-state index is 12.1. The van der Waals surface area contributed by atoms with E-state index in [4.69, 9.17) is 14.2 Å². The summed E-state index contributed by atoms with van der Waals surface area (Å²) in [7, 11) is 0. The van der Waals surface area contributed by atoms with E-state index in [1.165, 1.54) is 0 Å². The monoisotopic (exact) mass is 383 g/mol. The van der Waals surface area contributed by atoms with Gasteiger partial charge in [-0.1, -0.05) is 0 Å². The number of hydrogen-bond acceptors (Lipinski definition) is 7. The fraction of sp³-hybridized carbons (Fsp3) is 0.211. The molecule has 0 unspecified atom stereocenters. The number of thiazole rings is 1. The van der Waals surface area contributed by atoms with Crippen molar-refractivity contribution >= 4 is 17.2 Å². The average Bonchev–Trinajstić information content (AvgIpc) is 3.31. The van der Waals surface area contributed by atoms with E-state index in [1.807, 2.05) is 19.1 Å². The molecule has 2 aromatic heterocycles. The van der Waals surface area contributed by atoms with Crippen molar-refractivity contribution in [1.82, 2.24) is 15.3 Å². The van der Waals surface area contributed by atoms with Crippen molar-refractivity contribution in [2.75, 3.05) is 13.4 Å². The number of amides is 1. The van der Waals surface area contributed by atoms with Gasteiger partial charge in [-0.05, 0) is 31.2 Å². The van der Waals surface area contributed by atoms with E-state index in [2.05, 4.69) is 15.3 Å². The molecule has 0 radical (unpaired) electrons. The second kappa shape index (κ2) is 7.63. The van der Waals surface area contributed by atoms with Gasteiger partial charge >= 0.3 is 0 Å². The molecule has 0 saturated carbocycles. The fourth-order valence-corrected chi connectivity index (χ4v) is 3.54. The summed E-state index contributed by atoms with van der Waals surface area (Å²) in [6.07, 6.45) is 3.51. The van der Waals surface area contributed by atoms with Crippen molar-refractivity contribution in [3.63, 3.8) is 0 Å². The number of rotatable bonds is 6. The highest BCUT2D eigenvalue weighted by molar-refractivity contribution is 7.15. The molecule has 27 heavy (non-hydrogen) atoms. The molecule has 0 spiro atoms. The summed E-state index contributed by atoms with van der Waals surface area (Å²) in [5, 5.41) is 3.75. The number of pyridine rings is 1. The molecule has 0 bridgehead atoms. The SMILES string of the molecule is Cc1nc(-c2cccnc2)sc1CNC(=O)COc1ccc2c(c1)OCO2. The van der Waals surface area contributed by atoms with Crippen LogP contribution < -0.4 is 19.5 Å². The van der Waals surface area contributed by atoms with Gasteiger partial charge in [0.15, 0.2) is 18.1 Å². The van der Waals surface area contributed by atoms with Crippen LogP contribution in [-0.2, 0) is 11.3 Å². The van der Waals surface area contributed by atoms with E-state index in [-0.39, 0.29) is 19.3 Å². The maximum atomic E-state index is 12.1. The molecule has 1 aromatic carbocycles. The van der Waals surface area contributed by atoms with Crippen LogP contribution in [0.2, 0.25) is 0 Å². The van der Waals surface area contributed by atoms with Crippen LogP contribution in [0.1, 0.15) is 10.6 Å². The Kier molecular flexibility index (Phi) is 4.88. The van der Waals surface area contributed by atoms with Gasteiger partial charge in [0.2, 0.25) is 6.79 Å². The zero-order valence-electron chi connectivity index (χ0n) is 14.6. The molecule has 0 aliphatic carbocycles. The number of fused-ring (bicyclic) bond motifs is 1. The highest BCUT2D eigenvalue weighted by Gasteiger charge is 2.15. The largest absolute Gasteiger partial charge is 0.484 e. The number of carbonyl (C=O) groups excluding carboxylic acids is 1. The second-order valence-corrected chi connectivity index (χ2v) is 6.93. The first-order valence-corrected chi connectivity index (χ1v) is 9.16. The summed E-state index contributed by atoms with van der Waals surface area (Å²) >= 11 is 1.55. The van der Waals surface area contributed by atoms with Gasteiger partial charge in [0.05, 0.1) is 12.2 Å².